The summed E-state index contributed by atoms with van der Waals surface area (Å²) >= 11 is 6.29. The molecule has 3 rings (SSSR count). The summed E-state index contributed by atoms with van der Waals surface area (Å²) < 4.78 is 5.86. The molecule has 0 saturated carbocycles. The minimum absolute atomic E-state index is 0.235. The summed E-state index contributed by atoms with van der Waals surface area (Å²) in [6, 6.07) is 4.17. The first kappa shape index (κ1) is 14.2. The third-order valence-electron chi connectivity index (χ3n) is 4.49. The van der Waals surface area contributed by atoms with Crippen LogP contribution >= 0.6 is 11.6 Å². The molecular weight excluding hydrogens is 270 g/mol. The molecule has 110 valence electrons. The van der Waals surface area contributed by atoms with E-state index in [0.29, 0.717) is 5.92 Å². The Morgan fingerprint density at radius 1 is 1.40 bits per heavy atom. The van der Waals surface area contributed by atoms with Gasteiger partial charge < -0.3 is 10.1 Å². The van der Waals surface area contributed by atoms with Gasteiger partial charge >= 0.3 is 0 Å². The summed E-state index contributed by atoms with van der Waals surface area (Å²) in [6.07, 6.45) is 5.78. The van der Waals surface area contributed by atoms with Crippen LogP contribution in [-0.2, 0) is 12.8 Å². The quantitative estimate of drug-likeness (QED) is 0.906. The van der Waals surface area contributed by atoms with Crippen LogP contribution in [0.15, 0.2) is 12.1 Å². The van der Waals surface area contributed by atoms with Crippen molar-refractivity contribution in [3.63, 3.8) is 0 Å². The van der Waals surface area contributed by atoms with Crippen LogP contribution < -0.4 is 10.1 Å². The lowest BCUT2D eigenvalue weighted by Gasteiger charge is -2.32. The van der Waals surface area contributed by atoms with Gasteiger partial charge in [-0.2, -0.15) is 0 Å². The highest BCUT2D eigenvalue weighted by molar-refractivity contribution is 6.30. The fourth-order valence-electron chi connectivity index (χ4n) is 3.89. The Morgan fingerprint density at radius 2 is 2.25 bits per heavy atom. The first-order valence-corrected chi connectivity index (χ1v) is 8.15. The highest BCUT2D eigenvalue weighted by Gasteiger charge is 2.35. The maximum atomic E-state index is 6.29. The zero-order valence-corrected chi connectivity index (χ0v) is 13.2. The molecule has 0 aromatic heterocycles. The second-order valence-electron chi connectivity index (χ2n) is 6.74. The van der Waals surface area contributed by atoms with Gasteiger partial charge in [-0.15, -0.1) is 0 Å². The van der Waals surface area contributed by atoms with Gasteiger partial charge in [0, 0.05) is 17.0 Å². The van der Waals surface area contributed by atoms with E-state index in [-0.39, 0.29) is 5.54 Å². The van der Waals surface area contributed by atoms with Crippen LogP contribution in [0.5, 0.6) is 5.75 Å². The third kappa shape index (κ3) is 2.82. The predicted octanol–water partition coefficient (Wildman–Crippen LogP) is 3.99. The van der Waals surface area contributed by atoms with Gasteiger partial charge in [0.05, 0.1) is 6.61 Å². The number of ether oxygens (including phenoxy) is 1. The van der Waals surface area contributed by atoms with E-state index >= 15 is 0 Å². The van der Waals surface area contributed by atoms with Crippen molar-refractivity contribution < 1.29 is 4.74 Å². The largest absolute Gasteiger partial charge is 0.493 e. The number of rotatable bonds is 4. The topological polar surface area (TPSA) is 21.3 Å². The van der Waals surface area contributed by atoms with E-state index in [9.17, 15) is 0 Å². The van der Waals surface area contributed by atoms with Crippen LogP contribution in [-0.4, -0.2) is 18.7 Å². The van der Waals surface area contributed by atoms with Crippen LogP contribution in [0.25, 0.3) is 0 Å². The fourth-order valence-corrected chi connectivity index (χ4v) is 4.15. The van der Waals surface area contributed by atoms with Gasteiger partial charge in [0.25, 0.3) is 0 Å². The van der Waals surface area contributed by atoms with E-state index in [2.05, 4.69) is 31.3 Å². The molecule has 2 aliphatic heterocycles. The molecule has 1 aromatic rings. The molecule has 1 unspecified atom stereocenters. The summed E-state index contributed by atoms with van der Waals surface area (Å²) in [5.41, 5.74) is 2.81. The minimum Gasteiger partial charge on any atom is -0.493 e. The van der Waals surface area contributed by atoms with Gasteiger partial charge in [0.2, 0.25) is 0 Å². The number of hydrogen-bond acceptors (Lipinski definition) is 2. The molecule has 0 bridgehead atoms. The second-order valence-corrected chi connectivity index (χ2v) is 7.17. The molecular formula is C17H24ClNO. The Morgan fingerprint density at radius 3 is 2.95 bits per heavy atom. The third-order valence-corrected chi connectivity index (χ3v) is 4.70. The molecule has 0 amide bonds. The van der Waals surface area contributed by atoms with E-state index in [4.69, 9.17) is 16.3 Å². The standard InChI is InChI=1S/C17H24ClNO/c1-12(2)10-17(5-3-6-19-17)11-14-9-15(18)8-13-4-7-20-16(13)14/h8-9,12,19H,3-7,10-11H2,1-2H3. The lowest BCUT2D eigenvalue weighted by Crippen LogP contribution is -2.43. The van der Waals surface area contributed by atoms with E-state index in [0.717, 1.165) is 36.8 Å². The highest BCUT2D eigenvalue weighted by atomic mass is 35.5. The minimum atomic E-state index is 0.235. The molecule has 1 atom stereocenters. The van der Waals surface area contributed by atoms with Crippen molar-refractivity contribution in [2.24, 2.45) is 5.92 Å². The van der Waals surface area contributed by atoms with Gasteiger partial charge in [-0.25, -0.2) is 0 Å². The fraction of sp³-hybridized carbons (Fsp3) is 0.647. The van der Waals surface area contributed by atoms with Gasteiger partial charge in [-0.3, -0.25) is 0 Å². The molecule has 20 heavy (non-hydrogen) atoms. The van der Waals surface area contributed by atoms with Crippen LogP contribution in [0.1, 0.15) is 44.2 Å². The number of benzene rings is 1. The molecule has 3 heteroatoms. The Kier molecular flexibility index (Phi) is 3.96. The Hall–Kier alpha value is -0.730. The number of nitrogens with one attached hydrogen (secondary N) is 1. The van der Waals surface area contributed by atoms with Crippen molar-refractivity contribution in [3.8, 4) is 5.75 Å². The van der Waals surface area contributed by atoms with Crippen molar-refractivity contribution in [2.45, 2.75) is 51.5 Å². The first-order chi connectivity index (χ1) is 9.58. The molecule has 1 saturated heterocycles. The summed E-state index contributed by atoms with van der Waals surface area (Å²) in [5.74, 6) is 1.81. The summed E-state index contributed by atoms with van der Waals surface area (Å²) in [6.45, 7) is 6.55. The SMILES string of the molecule is CC(C)CC1(Cc2cc(Cl)cc3c2OCC3)CCCN1. The normalized spacial score (nSPS) is 25.0. The van der Waals surface area contributed by atoms with Crippen molar-refractivity contribution in [3.05, 3.63) is 28.3 Å². The zero-order valence-electron chi connectivity index (χ0n) is 12.5. The molecule has 2 aliphatic rings. The highest BCUT2D eigenvalue weighted by Crippen LogP contribution is 2.38. The molecule has 0 aliphatic carbocycles. The number of halogens is 1. The molecule has 1 aromatic carbocycles. The predicted molar refractivity (Wildman–Crippen MR) is 83.8 cm³/mol. The summed E-state index contributed by atoms with van der Waals surface area (Å²) in [7, 11) is 0. The van der Waals surface area contributed by atoms with Crippen LogP contribution in [0.2, 0.25) is 5.02 Å². The average molecular weight is 294 g/mol. The molecule has 1 fully saturated rings. The van der Waals surface area contributed by atoms with Crippen molar-refractivity contribution in [2.75, 3.05) is 13.2 Å². The maximum absolute atomic E-state index is 6.29. The Labute approximate surface area is 126 Å². The van der Waals surface area contributed by atoms with Gasteiger partial charge in [0.15, 0.2) is 0 Å². The van der Waals surface area contributed by atoms with Gasteiger partial charge in [-0.1, -0.05) is 25.4 Å². The van der Waals surface area contributed by atoms with E-state index in [1.165, 1.54) is 30.4 Å². The van der Waals surface area contributed by atoms with Gasteiger partial charge in [-0.05, 0) is 61.4 Å². The summed E-state index contributed by atoms with van der Waals surface area (Å²) in [5, 5.41) is 4.61. The number of fused-ring (bicyclic) bond motifs is 1. The van der Waals surface area contributed by atoms with E-state index in [1.54, 1.807) is 0 Å². The Bertz CT molecular complexity index is 492. The number of hydrogen-bond donors (Lipinski definition) is 1. The van der Waals surface area contributed by atoms with Crippen LogP contribution in [0.4, 0.5) is 0 Å². The lowest BCUT2D eigenvalue weighted by atomic mass is 9.81. The lowest BCUT2D eigenvalue weighted by molar-refractivity contribution is 0.294. The smallest absolute Gasteiger partial charge is 0.125 e. The monoisotopic (exact) mass is 293 g/mol. The molecule has 2 nitrogen and oxygen atoms in total. The second kappa shape index (κ2) is 5.57. The van der Waals surface area contributed by atoms with Crippen molar-refractivity contribution >= 4 is 11.6 Å². The molecule has 2 heterocycles. The molecule has 0 spiro atoms. The van der Waals surface area contributed by atoms with Gasteiger partial charge in [0.1, 0.15) is 5.75 Å². The van der Waals surface area contributed by atoms with Crippen molar-refractivity contribution in [1.29, 1.82) is 0 Å². The first-order valence-electron chi connectivity index (χ1n) is 7.77. The van der Waals surface area contributed by atoms with Crippen LogP contribution in [0.3, 0.4) is 0 Å². The Balaban J connectivity index is 1.89. The molecule has 0 radical (unpaired) electrons. The van der Waals surface area contributed by atoms with E-state index < -0.39 is 0 Å². The average Bonchev–Trinajstić information content (AvgIpc) is 2.97. The maximum Gasteiger partial charge on any atom is 0.125 e. The van der Waals surface area contributed by atoms with Crippen molar-refractivity contribution in [1.82, 2.24) is 5.32 Å². The van der Waals surface area contributed by atoms with Crippen LogP contribution in [0, 0.1) is 5.92 Å². The van der Waals surface area contributed by atoms with E-state index in [1.807, 2.05) is 0 Å². The molecule has 1 N–H and O–H groups in total. The zero-order chi connectivity index (χ0) is 14.2. The summed E-state index contributed by atoms with van der Waals surface area (Å²) in [4.78, 5) is 0.